The molecule has 0 radical (unpaired) electrons. The monoisotopic (exact) mass is 309 g/mol. The van der Waals surface area contributed by atoms with Gasteiger partial charge in [0, 0.05) is 14.1 Å². The molecule has 1 saturated heterocycles. The Kier molecular flexibility index (Phi) is 5.61. The Morgan fingerprint density at radius 2 is 1.90 bits per heavy atom. The molecule has 0 bridgehead atoms. The predicted molar refractivity (Wildman–Crippen MR) is 71.6 cm³/mol. The van der Waals surface area contributed by atoms with Gasteiger partial charge in [0.2, 0.25) is 11.8 Å². The maximum Gasteiger partial charge on any atom is 0.406 e. The summed E-state index contributed by atoms with van der Waals surface area (Å²) < 4.78 is 38.1. The Morgan fingerprint density at radius 3 is 2.29 bits per heavy atom. The van der Waals surface area contributed by atoms with E-state index in [-0.39, 0.29) is 0 Å². The van der Waals surface area contributed by atoms with Crippen LogP contribution in [0.3, 0.4) is 0 Å². The van der Waals surface area contributed by atoms with Gasteiger partial charge in [0.05, 0.1) is 5.54 Å². The Hall–Kier alpha value is -1.31. The van der Waals surface area contributed by atoms with E-state index in [1.807, 2.05) is 0 Å². The number of likely N-dealkylation sites (N-methyl/N-ethyl adjacent to an activating group) is 1. The van der Waals surface area contributed by atoms with E-state index in [9.17, 15) is 22.8 Å². The minimum atomic E-state index is -4.53. The lowest BCUT2D eigenvalue weighted by atomic mass is 9.92. The topological polar surface area (TPSA) is 52.7 Å². The zero-order valence-electron chi connectivity index (χ0n) is 12.6. The smallest absolute Gasteiger partial charge is 0.347 e. The van der Waals surface area contributed by atoms with Gasteiger partial charge < -0.3 is 15.1 Å². The molecule has 2 amide bonds. The highest BCUT2D eigenvalue weighted by molar-refractivity contribution is 5.90. The average Bonchev–Trinajstić information content (AvgIpc) is 2.85. The fraction of sp³-hybridized carbons (Fsp3) is 0.846. The third-order valence-electron chi connectivity index (χ3n) is 3.74. The summed E-state index contributed by atoms with van der Waals surface area (Å²) in [4.78, 5) is 26.0. The third kappa shape index (κ3) is 4.59. The van der Waals surface area contributed by atoms with Crippen molar-refractivity contribution in [2.24, 2.45) is 0 Å². The van der Waals surface area contributed by atoms with Gasteiger partial charge in [0.15, 0.2) is 0 Å². The highest BCUT2D eigenvalue weighted by Crippen LogP contribution is 2.27. The van der Waals surface area contributed by atoms with Crippen LogP contribution in [0.4, 0.5) is 13.2 Å². The van der Waals surface area contributed by atoms with E-state index >= 15 is 0 Å². The van der Waals surface area contributed by atoms with Crippen LogP contribution in [0.2, 0.25) is 0 Å². The third-order valence-corrected chi connectivity index (χ3v) is 3.74. The number of hydrogen-bond acceptors (Lipinski definition) is 3. The van der Waals surface area contributed by atoms with Crippen molar-refractivity contribution in [2.45, 2.75) is 37.9 Å². The molecule has 0 aliphatic carbocycles. The summed E-state index contributed by atoms with van der Waals surface area (Å²) in [6, 6.07) is 0. The van der Waals surface area contributed by atoms with Crippen molar-refractivity contribution in [1.29, 1.82) is 0 Å². The molecule has 1 aliphatic heterocycles. The van der Waals surface area contributed by atoms with Crippen molar-refractivity contribution in [3.63, 3.8) is 0 Å². The molecule has 5 nitrogen and oxygen atoms in total. The summed E-state index contributed by atoms with van der Waals surface area (Å²) in [6.07, 6.45) is -2.90. The van der Waals surface area contributed by atoms with Crippen molar-refractivity contribution in [2.75, 3.05) is 33.7 Å². The maximum absolute atomic E-state index is 12.7. The maximum atomic E-state index is 12.7. The lowest BCUT2D eigenvalue weighted by Crippen LogP contribution is -2.57. The Morgan fingerprint density at radius 1 is 1.29 bits per heavy atom. The summed E-state index contributed by atoms with van der Waals surface area (Å²) in [5.74, 6) is -1.17. The first kappa shape index (κ1) is 17.7. The molecule has 1 atom stereocenters. The minimum absolute atomic E-state index is 0.399. The molecule has 1 heterocycles. The number of carbonyl (C=O) groups excluding carboxylic acids is 2. The molecule has 1 aliphatic rings. The van der Waals surface area contributed by atoms with Crippen LogP contribution >= 0.6 is 0 Å². The Bertz CT molecular complexity index is 391. The van der Waals surface area contributed by atoms with Gasteiger partial charge in [-0.15, -0.1) is 0 Å². The second kappa shape index (κ2) is 6.64. The number of carbonyl (C=O) groups is 2. The highest BCUT2D eigenvalue weighted by Gasteiger charge is 2.45. The standard InChI is InChI=1S/C13H22F3N3O2/c1-4-12(6-5-7-17-12)11(21)19(9-13(14,15)16)8-10(20)18(2)3/h17H,4-9H2,1-3H3. The second-order valence-electron chi connectivity index (χ2n) is 5.53. The SMILES string of the molecule is CCC1(C(=O)N(CC(=O)N(C)C)CC(F)(F)F)CCCN1. The van der Waals surface area contributed by atoms with E-state index < -0.39 is 36.6 Å². The second-order valence-corrected chi connectivity index (χ2v) is 5.53. The van der Waals surface area contributed by atoms with E-state index in [0.717, 1.165) is 6.42 Å². The fourth-order valence-corrected chi connectivity index (χ4v) is 2.47. The van der Waals surface area contributed by atoms with Gasteiger partial charge in [-0.3, -0.25) is 9.59 Å². The highest BCUT2D eigenvalue weighted by atomic mass is 19.4. The van der Waals surface area contributed by atoms with Crippen molar-refractivity contribution < 1.29 is 22.8 Å². The summed E-state index contributed by atoms with van der Waals surface area (Å²) in [7, 11) is 2.89. The van der Waals surface area contributed by atoms with Crippen molar-refractivity contribution in [3.8, 4) is 0 Å². The predicted octanol–water partition coefficient (Wildman–Crippen LogP) is 0.998. The molecule has 0 saturated carbocycles. The molecular weight excluding hydrogens is 287 g/mol. The van der Waals surface area contributed by atoms with E-state index in [0.29, 0.717) is 24.3 Å². The molecule has 8 heteroatoms. The lowest BCUT2D eigenvalue weighted by Gasteiger charge is -2.34. The molecule has 21 heavy (non-hydrogen) atoms. The number of hydrogen-bond donors (Lipinski definition) is 1. The number of rotatable bonds is 5. The molecule has 0 aromatic rings. The summed E-state index contributed by atoms with van der Waals surface area (Å²) in [5.41, 5.74) is -0.974. The average molecular weight is 309 g/mol. The molecule has 122 valence electrons. The molecule has 0 aromatic heterocycles. The van der Waals surface area contributed by atoms with Gasteiger partial charge in [-0.05, 0) is 25.8 Å². The first-order valence-corrected chi connectivity index (χ1v) is 6.92. The Labute approximate surface area is 122 Å². The van der Waals surface area contributed by atoms with Crippen LogP contribution in [0.25, 0.3) is 0 Å². The number of halogens is 3. The van der Waals surface area contributed by atoms with Crippen LogP contribution < -0.4 is 5.32 Å². The van der Waals surface area contributed by atoms with Crippen molar-refractivity contribution >= 4 is 11.8 Å². The van der Waals surface area contributed by atoms with Crippen LogP contribution in [0, 0.1) is 0 Å². The summed E-state index contributed by atoms with van der Waals surface area (Å²) >= 11 is 0. The van der Waals surface area contributed by atoms with Crippen LogP contribution in [0.15, 0.2) is 0 Å². The first-order chi connectivity index (χ1) is 9.61. The molecule has 1 N–H and O–H groups in total. The normalized spacial score (nSPS) is 22.2. The molecule has 0 spiro atoms. The molecule has 0 aromatic carbocycles. The van der Waals surface area contributed by atoms with Gasteiger partial charge in [0.1, 0.15) is 13.1 Å². The van der Waals surface area contributed by atoms with Gasteiger partial charge in [-0.25, -0.2) is 0 Å². The molecule has 1 rings (SSSR count). The van der Waals surface area contributed by atoms with Gasteiger partial charge >= 0.3 is 6.18 Å². The van der Waals surface area contributed by atoms with Gasteiger partial charge in [-0.1, -0.05) is 6.92 Å². The summed E-state index contributed by atoms with van der Waals surface area (Å²) in [6.45, 7) is 0.389. The van der Waals surface area contributed by atoms with Gasteiger partial charge in [0.25, 0.3) is 0 Å². The van der Waals surface area contributed by atoms with Crippen LogP contribution in [-0.4, -0.2) is 67.1 Å². The number of alkyl halides is 3. The van der Waals surface area contributed by atoms with E-state index in [4.69, 9.17) is 0 Å². The van der Waals surface area contributed by atoms with E-state index in [1.54, 1.807) is 6.92 Å². The van der Waals surface area contributed by atoms with Crippen LogP contribution in [0.5, 0.6) is 0 Å². The van der Waals surface area contributed by atoms with Crippen LogP contribution in [0.1, 0.15) is 26.2 Å². The van der Waals surface area contributed by atoms with Crippen molar-refractivity contribution in [3.05, 3.63) is 0 Å². The lowest BCUT2D eigenvalue weighted by molar-refractivity contribution is -0.167. The first-order valence-electron chi connectivity index (χ1n) is 6.92. The Balaban J connectivity index is 2.94. The zero-order valence-corrected chi connectivity index (χ0v) is 12.6. The van der Waals surface area contributed by atoms with Gasteiger partial charge in [-0.2, -0.15) is 13.2 Å². The fourth-order valence-electron chi connectivity index (χ4n) is 2.47. The quantitative estimate of drug-likeness (QED) is 0.824. The number of amides is 2. The number of nitrogens with zero attached hydrogens (tertiary/aromatic N) is 2. The van der Waals surface area contributed by atoms with E-state index in [2.05, 4.69) is 5.32 Å². The van der Waals surface area contributed by atoms with Crippen molar-refractivity contribution in [1.82, 2.24) is 15.1 Å². The number of nitrogens with one attached hydrogen (secondary N) is 1. The summed E-state index contributed by atoms with van der Waals surface area (Å²) in [5, 5.41) is 3.00. The zero-order chi connectivity index (χ0) is 16.3. The van der Waals surface area contributed by atoms with Crippen LogP contribution in [-0.2, 0) is 9.59 Å². The largest absolute Gasteiger partial charge is 0.406 e. The molecule has 1 fully saturated rings. The molecule has 1 unspecified atom stereocenters. The van der Waals surface area contributed by atoms with E-state index in [1.165, 1.54) is 19.0 Å². The minimum Gasteiger partial charge on any atom is -0.347 e. The molecular formula is C13H22F3N3O2.